The number of amides is 1. The monoisotopic (exact) mass is 448 g/mol. The van der Waals surface area contributed by atoms with Gasteiger partial charge in [-0.2, -0.15) is 0 Å². The van der Waals surface area contributed by atoms with Gasteiger partial charge >= 0.3 is 0 Å². The fourth-order valence-corrected chi connectivity index (χ4v) is 3.02. The van der Waals surface area contributed by atoms with Gasteiger partial charge in [-0.25, -0.2) is 9.02 Å². The topological polar surface area (TPSA) is 144 Å². The van der Waals surface area contributed by atoms with Gasteiger partial charge in [0.15, 0.2) is 10.7 Å². The first kappa shape index (κ1) is 22.2. The van der Waals surface area contributed by atoms with E-state index < -0.39 is 6.10 Å². The van der Waals surface area contributed by atoms with Gasteiger partial charge in [0.05, 0.1) is 22.0 Å². The van der Waals surface area contributed by atoms with Crippen molar-refractivity contribution in [3.8, 4) is 0 Å². The van der Waals surface area contributed by atoms with Gasteiger partial charge in [0, 0.05) is 13.0 Å². The SMILES string of the molecule is CC(O)CNC(=O)CSc1nonc1C(=N)Cc1ccc(F)c(Br)c1.O. The van der Waals surface area contributed by atoms with Gasteiger partial charge < -0.3 is 21.3 Å². The number of benzene rings is 1. The zero-order valence-corrected chi connectivity index (χ0v) is 16.2. The van der Waals surface area contributed by atoms with E-state index in [1.165, 1.54) is 6.07 Å². The van der Waals surface area contributed by atoms with Crippen molar-refractivity contribution in [1.82, 2.24) is 15.6 Å². The molecule has 1 atom stereocenters. The summed E-state index contributed by atoms with van der Waals surface area (Å²) in [6, 6.07) is 4.49. The van der Waals surface area contributed by atoms with Crippen molar-refractivity contribution in [3.63, 3.8) is 0 Å². The van der Waals surface area contributed by atoms with Crippen molar-refractivity contribution in [1.29, 1.82) is 5.41 Å². The quantitative estimate of drug-likeness (QED) is 0.410. The number of aromatic nitrogens is 2. The Morgan fingerprint density at radius 1 is 1.50 bits per heavy atom. The molecule has 0 saturated heterocycles. The average Bonchev–Trinajstić information content (AvgIpc) is 3.03. The van der Waals surface area contributed by atoms with Crippen LogP contribution in [0.5, 0.6) is 0 Å². The Morgan fingerprint density at radius 2 is 2.23 bits per heavy atom. The largest absolute Gasteiger partial charge is 0.412 e. The second-order valence-electron chi connectivity index (χ2n) is 5.26. The summed E-state index contributed by atoms with van der Waals surface area (Å²) in [6.45, 7) is 1.74. The van der Waals surface area contributed by atoms with E-state index in [-0.39, 0.29) is 47.3 Å². The molecule has 0 spiro atoms. The molecular weight excluding hydrogens is 431 g/mol. The van der Waals surface area contributed by atoms with E-state index in [0.717, 1.165) is 17.3 Å². The number of aliphatic hydroxyl groups excluding tert-OH is 1. The van der Waals surface area contributed by atoms with Gasteiger partial charge in [-0.1, -0.05) is 17.8 Å². The van der Waals surface area contributed by atoms with E-state index in [2.05, 4.69) is 36.2 Å². The lowest BCUT2D eigenvalue weighted by Gasteiger charge is -2.06. The minimum atomic E-state index is -0.624. The van der Waals surface area contributed by atoms with Gasteiger partial charge in [-0.3, -0.25) is 4.79 Å². The standard InChI is InChI=1S/C15H16BrFN4O3S.H2O/c1-8(22)6-19-13(23)7-25-15-14(20-24-21-15)12(18)5-9-2-3-11(17)10(16)4-9;/h2-4,8,18,22H,5-7H2,1H3,(H,19,23);1H2. The van der Waals surface area contributed by atoms with Crippen molar-refractivity contribution in [3.05, 3.63) is 39.7 Å². The number of rotatable bonds is 8. The van der Waals surface area contributed by atoms with Gasteiger partial charge in [-0.15, -0.1) is 0 Å². The molecule has 2 rings (SSSR count). The second kappa shape index (κ2) is 10.4. The van der Waals surface area contributed by atoms with Crippen LogP contribution in [0.25, 0.3) is 0 Å². The van der Waals surface area contributed by atoms with Gasteiger partial charge in [-0.05, 0) is 50.9 Å². The fourth-order valence-electron chi connectivity index (χ4n) is 1.84. The predicted octanol–water partition coefficient (Wildman–Crippen LogP) is 1.35. The summed E-state index contributed by atoms with van der Waals surface area (Å²) < 4.78 is 18.3. The summed E-state index contributed by atoms with van der Waals surface area (Å²) >= 11 is 4.19. The third kappa shape index (κ3) is 6.48. The molecule has 5 N–H and O–H groups in total. The number of nitrogens with zero attached hydrogens (tertiary/aromatic N) is 2. The smallest absolute Gasteiger partial charge is 0.230 e. The van der Waals surface area contributed by atoms with Crippen molar-refractivity contribution in [2.75, 3.05) is 12.3 Å². The third-order valence-electron chi connectivity index (χ3n) is 3.04. The van der Waals surface area contributed by atoms with Gasteiger partial charge in [0.2, 0.25) is 5.91 Å². The number of carbonyl (C=O) groups is 1. The van der Waals surface area contributed by atoms with Crippen LogP contribution in [0.2, 0.25) is 0 Å². The first-order valence-electron chi connectivity index (χ1n) is 7.28. The summed E-state index contributed by atoms with van der Waals surface area (Å²) in [5.41, 5.74) is 1.12. The zero-order valence-electron chi connectivity index (χ0n) is 13.8. The van der Waals surface area contributed by atoms with E-state index in [9.17, 15) is 9.18 Å². The van der Waals surface area contributed by atoms with Crippen molar-refractivity contribution >= 4 is 39.3 Å². The number of aliphatic hydroxyl groups is 1. The number of halogens is 2. The predicted molar refractivity (Wildman–Crippen MR) is 98.0 cm³/mol. The molecule has 0 aliphatic carbocycles. The van der Waals surface area contributed by atoms with Crippen LogP contribution < -0.4 is 5.32 Å². The molecule has 0 radical (unpaired) electrons. The highest BCUT2D eigenvalue weighted by Gasteiger charge is 2.18. The lowest BCUT2D eigenvalue weighted by Crippen LogP contribution is -2.31. The lowest BCUT2D eigenvalue weighted by molar-refractivity contribution is -0.118. The average molecular weight is 449 g/mol. The molecule has 0 bridgehead atoms. The number of nitrogens with one attached hydrogen (secondary N) is 2. The lowest BCUT2D eigenvalue weighted by atomic mass is 10.1. The highest BCUT2D eigenvalue weighted by Crippen LogP contribution is 2.22. The number of carbonyl (C=O) groups excluding carboxylic acids is 1. The van der Waals surface area contributed by atoms with Crippen LogP contribution in [-0.2, 0) is 11.2 Å². The molecule has 26 heavy (non-hydrogen) atoms. The van der Waals surface area contributed by atoms with Gasteiger partial charge in [0.1, 0.15) is 5.82 Å². The Kier molecular flexibility index (Phi) is 8.85. The minimum Gasteiger partial charge on any atom is -0.412 e. The molecular formula is C15H18BrFN4O4S. The molecule has 0 fully saturated rings. The molecule has 0 aliphatic heterocycles. The highest BCUT2D eigenvalue weighted by atomic mass is 79.9. The number of hydrogen-bond donors (Lipinski definition) is 3. The van der Waals surface area contributed by atoms with Crippen LogP contribution in [0, 0.1) is 11.2 Å². The molecule has 11 heteroatoms. The maximum atomic E-state index is 13.3. The molecule has 1 amide bonds. The summed E-state index contributed by atoms with van der Waals surface area (Å²) in [6.07, 6.45) is -0.407. The normalized spacial score (nSPS) is 11.5. The van der Waals surface area contributed by atoms with E-state index in [1.54, 1.807) is 19.1 Å². The van der Waals surface area contributed by atoms with Crippen LogP contribution in [0.4, 0.5) is 4.39 Å². The molecule has 0 saturated carbocycles. The highest BCUT2D eigenvalue weighted by molar-refractivity contribution is 9.10. The molecule has 1 unspecified atom stereocenters. The van der Waals surface area contributed by atoms with Crippen LogP contribution >= 0.6 is 27.7 Å². The Hall–Kier alpha value is -1.82. The molecule has 8 nitrogen and oxygen atoms in total. The van der Waals surface area contributed by atoms with E-state index >= 15 is 0 Å². The summed E-state index contributed by atoms with van der Waals surface area (Å²) in [5, 5.41) is 27.6. The Bertz CT molecular complexity index is 772. The molecule has 2 aromatic rings. The van der Waals surface area contributed by atoms with E-state index in [0.29, 0.717) is 9.50 Å². The van der Waals surface area contributed by atoms with E-state index in [1.807, 2.05) is 0 Å². The second-order valence-corrected chi connectivity index (χ2v) is 7.08. The molecule has 0 aliphatic rings. The molecule has 1 aromatic heterocycles. The first-order valence-corrected chi connectivity index (χ1v) is 9.06. The van der Waals surface area contributed by atoms with E-state index in [4.69, 9.17) is 10.5 Å². The Balaban J connectivity index is 0.00000338. The zero-order chi connectivity index (χ0) is 18.4. The molecule has 142 valence electrons. The summed E-state index contributed by atoms with van der Waals surface area (Å²) in [5.74, 6) is -0.588. The van der Waals surface area contributed by atoms with Crippen LogP contribution in [0.1, 0.15) is 18.2 Å². The molecule has 1 aromatic carbocycles. The Morgan fingerprint density at radius 3 is 2.88 bits per heavy atom. The maximum absolute atomic E-state index is 13.3. The van der Waals surface area contributed by atoms with Crippen molar-refractivity contribution in [2.45, 2.75) is 24.5 Å². The maximum Gasteiger partial charge on any atom is 0.230 e. The fraction of sp³-hybridized carbons (Fsp3) is 0.333. The van der Waals surface area contributed by atoms with Crippen molar-refractivity contribution in [2.24, 2.45) is 0 Å². The Labute approximate surface area is 161 Å². The van der Waals surface area contributed by atoms with Crippen molar-refractivity contribution < 1.29 is 24.4 Å². The van der Waals surface area contributed by atoms with Crippen LogP contribution in [0.15, 0.2) is 32.3 Å². The number of thioether (sulfide) groups is 1. The summed E-state index contributed by atoms with van der Waals surface area (Å²) in [4.78, 5) is 11.7. The number of hydrogen-bond acceptors (Lipinski definition) is 7. The third-order valence-corrected chi connectivity index (χ3v) is 4.60. The van der Waals surface area contributed by atoms with Crippen LogP contribution in [0.3, 0.4) is 0 Å². The first-order chi connectivity index (χ1) is 11.9. The van der Waals surface area contributed by atoms with Gasteiger partial charge in [0.25, 0.3) is 0 Å². The minimum absolute atomic E-state index is 0. The molecule has 1 heterocycles. The summed E-state index contributed by atoms with van der Waals surface area (Å²) in [7, 11) is 0. The van der Waals surface area contributed by atoms with Crippen LogP contribution in [-0.4, -0.2) is 50.9 Å².